The van der Waals surface area contributed by atoms with E-state index in [0.29, 0.717) is 17.7 Å². The number of ether oxygens (including phenoxy) is 1. The van der Waals surface area contributed by atoms with Crippen molar-refractivity contribution >= 4 is 15.9 Å². The first-order valence-electron chi connectivity index (χ1n) is 5.71. The molecule has 0 bridgehead atoms. The number of hydrogen-bond donors (Lipinski definition) is 0. The van der Waals surface area contributed by atoms with Crippen molar-refractivity contribution in [2.75, 3.05) is 0 Å². The molecule has 0 aliphatic rings. The van der Waals surface area contributed by atoms with Gasteiger partial charge in [0.25, 0.3) is 0 Å². The van der Waals surface area contributed by atoms with E-state index in [-0.39, 0.29) is 16.8 Å². The van der Waals surface area contributed by atoms with Crippen LogP contribution in [0, 0.1) is 11.6 Å². The van der Waals surface area contributed by atoms with Gasteiger partial charge in [-0.3, -0.25) is 0 Å². The lowest BCUT2D eigenvalue weighted by Gasteiger charge is -2.12. The quantitative estimate of drug-likeness (QED) is 0.667. The van der Waals surface area contributed by atoms with Gasteiger partial charge in [-0.25, -0.2) is 8.78 Å². The molecule has 0 heterocycles. The SMILES string of the molecule is Fc1ccc(OCc2cccc(F)c2Br)cc1C(F)(F)F. The fraction of sp³-hybridized carbons (Fsp3) is 0.143. The topological polar surface area (TPSA) is 9.23 Å². The highest BCUT2D eigenvalue weighted by Gasteiger charge is 2.34. The van der Waals surface area contributed by atoms with Gasteiger partial charge in [-0.15, -0.1) is 0 Å². The van der Waals surface area contributed by atoms with Crippen LogP contribution in [0.5, 0.6) is 5.75 Å². The number of halogens is 6. The van der Waals surface area contributed by atoms with E-state index in [2.05, 4.69) is 15.9 Å². The largest absolute Gasteiger partial charge is 0.489 e. The van der Waals surface area contributed by atoms with E-state index in [9.17, 15) is 22.0 Å². The summed E-state index contributed by atoms with van der Waals surface area (Å²) in [5.74, 6) is -2.03. The first-order chi connectivity index (χ1) is 9.79. The molecule has 2 aromatic rings. The summed E-state index contributed by atoms with van der Waals surface area (Å²) in [4.78, 5) is 0. The van der Waals surface area contributed by atoms with Gasteiger partial charge in [0.15, 0.2) is 0 Å². The second-order valence-electron chi connectivity index (χ2n) is 4.14. The Hall–Kier alpha value is -1.63. The van der Waals surface area contributed by atoms with Crippen molar-refractivity contribution < 1.29 is 26.7 Å². The van der Waals surface area contributed by atoms with Crippen LogP contribution in [0.3, 0.4) is 0 Å². The molecule has 0 aromatic heterocycles. The van der Waals surface area contributed by atoms with Gasteiger partial charge in [-0.05, 0) is 40.2 Å². The third-order valence-electron chi connectivity index (χ3n) is 2.67. The van der Waals surface area contributed by atoms with Gasteiger partial charge in [-0.1, -0.05) is 12.1 Å². The van der Waals surface area contributed by atoms with Gasteiger partial charge in [0, 0.05) is 5.56 Å². The van der Waals surface area contributed by atoms with E-state index < -0.39 is 23.4 Å². The monoisotopic (exact) mass is 366 g/mol. The maximum absolute atomic E-state index is 13.3. The predicted octanol–water partition coefficient (Wildman–Crippen LogP) is 5.33. The maximum atomic E-state index is 13.3. The van der Waals surface area contributed by atoms with Crippen molar-refractivity contribution in [3.63, 3.8) is 0 Å². The summed E-state index contributed by atoms with van der Waals surface area (Å²) in [6.45, 7) is -0.152. The van der Waals surface area contributed by atoms with Gasteiger partial charge in [0.05, 0.1) is 10.0 Å². The molecule has 0 radical (unpaired) electrons. The van der Waals surface area contributed by atoms with Crippen molar-refractivity contribution in [1.82, 2.24) is 0 Å². The van der Waals surface area contributed by atoms with Crippen molar-refractivity contribution in [3.8, 4) is 5.75 Å². The van der Waals surface area contributed by atoms with Crippen LogP contribution in [0.4, 0.5) is 22.0 Å². The standard InChI is InChI=1S/C14H8BrF5O/c15-13-8(2-1-3-12(13)17)7-21-9-4-5-11(16)10(6-9)14(18,19)20/h1-6H,7H2. The molecule has 112 valence electrons. The van der Waals surface area contributed by atoms with Crippen LogP contribution in [0.15, 0.2) is 40.9 Å². The number of hydrogen-bond acceptors (Lipinski definition) is 1. The summed E-state index contributed by atoms with van der Waals surface area (Å²) in [5, 5.41) is 0. The van der Waals surface area contributed by atoms with Crippen LogP contribution in [0.25, 0.3) is 0 Å². The van der Waals surface area contributed by atoms with Crippen LogP contribution >= 0.6 is 15.9 Å². The second-order valence-corrected chi connectivity index (χ2v) is 4.93. The van der Waals surface area contributed by atoms with Gasteiger partial charge in [0.2, 0.25) is 0 Å². The maximum Gasteiger partial charge on any atom is 0.419 e. The summed E-state index contributed by atoms with van der Waals surface area (Å²) < 4.78 is 69.4. The Kier molecular flexibility index (Phi) is 4.51. The number of rotatable bonds is 3. The molecule has 0 amide bonds. The second kappa shape index (κ2) is 6.01. The van der Waals surface area contributed by atoms with E-state index >= 15 is 0 Å². The zero-order valence-electron chi connectivity index (χ0n) is 10.3. The number of benzene rings is 2. The highest BCUT2D eigenvalue weighted by atomic mass is 79.9. The Morgan fingerprint density at radius 1 is 1.00 bits per heavy atom. The normalized spacial score (nSPS) is 11.5. The third-order valence-corrected chi connectivity index (χ3v) is 3.56. The molecule has 0 saturated heterocycles. The summed E-state index contributed by atoms with van der Waals surface area (Å²) >= 11 is 3.02. The molecule has 2 aromatic carbocycles. The zero-order valence-corrected chi connectivity index (χ0v) is 11.9. The van der Waals surface area contributed by atoms with Crippen molar-refractivity contribution in [3.05, 3.63) is 63.6 Å². The van der Waals surface area contributed by atoms with Crippen LogP contribution < -0.4 is 4.74 Å². The summed E-state index contributed by atoms with van der Waals surface area (Å²) in [5.41, 5.74) is -0.980. The smallest absolute Gasteiger partial charge is 0.419 e. The van der Waals surface area contributed by atoms with Crippen LogP contribution in [0.2, 0.25) is 0 Å². The highest BCUT2D eigenvalue weighted by Crippen LogP contribution is 2.34. The lowest BCUT2D eigenvalue weighted by atomic mass is 10.2. The van der Waals surface area contributed by atoms with Crippen molar-refractivity contribution in [2.45, 2.75) is 12.8 Å². The molecule has 0 saturated carbocycles. The minimum Gasteiger partial charge on any atom is -0.489 e. The van der Waals surface area contributed by atoms with E-state index in [1.807, 2.05) is 0 Å². The lowest BCUT2D eigenvalue weighted by molar-refractivity contribution is -0.140. The molecule has 2 rings (SSSR count). The fourth-order valence-electron chi connectivity index (χ4n) is 1.63. The first-order valence-corrected chi connectivity index (χ1v) is 6.51. The molecule has 0 fully saturated rings. The van der Waals surface area contributed by atoms with Crippen molar-refractivity contribution in [1.29, 1.82) is 0 Å². The van der Waals surface area contributed by atoms with Gasteiger partial charge >= 0.3 is 6.18 Å². The molecule has 0 N–H and O–H groups in total. The molecule has 0 unspecified atom stereocenters. The van der Waals surface area contributed by atoms with Gasteiger partial charge < -0.3 is 4.74 Å². The Morgan fingerprint density at radius 2 is 1.71 bits per heavy atom. The molecule has 0 aliphatic heterocycles. The molecule has 0 atom stereocenters. The molecule has 1 nitrogen and oxygen atoms in total. The summed E-state index contributed by atoms with van der Waals surface area (Å²) in [6.07, 6.45) is -4.80. The predicted molar refractivity (Wildman–Crippen MR) is 69.8 cm³/mol. The highest BCUT2D eigenvalue weighted by molar-refractivity contribution is 9.10. The third kappa shape index (κ3) is 3.72. The van der Waals surface area contributed by atoms with Crippen molar-refractivity contribution in [2.24, 2.45) is 0 Å². The van der Waals surface area contributed by atoms with E-state index in [4.69, 9.17) is 4.74 Å². The molecular formula is C14H8BrF5O. The van der Waals surface area contributed by atoms with Crippen LogP contribution in [-0.4, -0.2) is 0 Å². The Morgan fingerprint density at radius 3 is 2.38 bits per heavy atom. The minimum atomic E-state index is -4.80. The summed E-state index contributed by atoms with van der Waals surface area (Å²) in [6, 6.07) is 6.57. The van der Waals surface area contributed by atoms with Gasteiger partial charge in [0.1, 0.15) is 24.0 Å². The lowest BCUT2D eigenvalue weighted by Crippen LogP contribution is -2.08. The van der Waals surface area contributed by atoms with E-state index in [1.54, 1.807) is 6.07 Å². The Bertz CT molecular complexity index is 654. The Labute approximate surface area is 125 Å². The fourth-order valence-corrected chi connectivity index (χ4v) is 2.01. The minimum absolute atomic E-state index is 0.152. The molecule has 0 spiro atoms. The van der Waals surface area contributed by atoms with E-state index in [0.717, 1.165) is 6.07 Å². The molecule has 7 heteroatoms. The average Bonchev–Trinajstić information content (AvgIpc) is 2.40. The van der Waals surface area contributed by atoms with Crippen LogP contribution in [0.1, 0.15) is 11.1 Å². The first kappa shape index (κ1) is 15.8. The summed E-state index contributed by atoms with van der Waals surface area (Å²) in [7, 11) is 0. The molecule has 21 heavy (non-hydrogen) atoms. The number of alkyl halides is 3. The van der Waals surface area contributed by atoms with Crippen LogP contribution in [-0.2, 0) is 12.8 Å². The molecular weight excluding hydrogens is 359 g/mol. The molecule has 0 aliphatic carbocycles. The van der Waals surface area contributed by atoms with Gasteiger partial charge in [-0.2, -0.15) is 13.2 Å². The zero-order chi connectivity index (χ0) is 15.6. The average molecular weight is 367 g/mol. The Balaban J connectivity index is 2.19. The van der Waals surface area contributed by atoms with E-state index in [1.165, 1.54) is 12.1 Å².